The first-order valence-corrected chi connectivity index (χ1v) is 9.15. The van der Waals surface area contributed by atoms with E-state index in [9.17, 15) is 9.18 Å². The van der Waals surface area contributed by atoms with E-state index in [1.807, 2.05) is 6.92 Å². The van der Waals surface area contributed by atoms with Crippen molar-refractivity contribution in [2.45, 2.75) is 13.0 Å². The molecular weight excluding hydrogens is 363 g/mol. The molecule has 0 spiro atoms. The van der Waals surface area contributed by atoms with Gasteiger partial charge in [-0.25, -0.2) is 13.9 Å². The number of halogens is 1. The molecule has 1 atom stereocenters. The molecule has 0 bridgehead atoms. The number of hydrogen-bond donors (Lipinski definition) is 1. The van der Waals surface area contributed by atoms with E-state index in [0.717, 1.165) is 24.3 Å². The topological polar surface area (TPSA) is 84.7 Å². The minimum atomic E-state index is -0.370. The second-order valence-electron chi connectivity index (χ2n) is 6.66. The number of nitrogens with zero attached hydrogens (tertiary/aromatic N) is 5. The van der Waals surface area contributed by atoms with Gasteiger partial charge in [0.15, 0.2) is 0 Å². The Morgan fingerprint density at radius 1 is 1.25 bits per heavy atom. The zero-order valence-electron chi connectivity index (χ0n) is 15.5. The van der Waals surface area contributed by atoms with E-state index in [1.54, 1.807) is 24.4 Å². The predicted molar refractivity (Wildman–Crippen MR) is 99.4 cm³/mol. The number of hydrogen-bond acceptors (Lipinski definition) is 6. The highest BCUT2D eigenvalue weighted by Crippen LogP contribution is 2.21. The predicted octanol–water partition coefficient (Wildman–Crippen LogP) is 1.38. The maximum Gasteiger partial charge on any atom is 0.291 e. The van der Waals surface area contributed by atoms with Gasteiger partial charge in [-0.1, -0.05) is 12.1 Å². The zero-order valence-corrected chi connectivity index (χ0v) is 15.5. The molecule has 1 aliphatic rings. The van der Waals surface area contributed by atoms with Gasteiger partial charge in [-0.05, 0) is 30.7 Å². The number of carbonyl (C=O) groups excluding carboxylic acids is 1. The van der Waals surface area contributed by atoms with Gasteiger partial charge in [-0.3, -0.25) is 9.69 Å². The third-order valence-corrected chi connectivity index (χ3v) is 4.83. The number of nitrogens with one attached hydrogen (secondary N) is 1. The van der Waals surface area contributed by atoms with Gasteiger partial charge >= 0.3 is 0 Å². The molecule has 146 valence electrons. The second-order valence-corrected chi connectivity index (χ2v) is 6.66. The summed E-state index contributed by atoms with van der Waals surface area (Å²) in [5, 5.41) is 7.14. The highest BCUT2D eigenvalue weighted by molar-refractivity contribution is 5.90. The van der Waals surface area contributed by atoms with Crippen LogP contribution in [0.5, 0.6) is 0 Å². The molecule has 9 heteroatoms. The average molecular weight is 384 g/mol. The van der Waals surface area contributed by atoms with Crippen molar-refractivity contribution in [2.24, 2.45) is 0 Å². The van der Waals surface area contributed by atoms with Gasteiger partial charge in [-0.2, -0.15) is 4.98 Å². The molecule has 0 radical (unpaired) electrons. The number of morpholine rings is 1. The lowest BCUT2D eigenvalue weighted by molar-refractivity contribution is 0.0162. The first-order valence-electron chi connectivity index (χ1n) is 9.15. The van der Waals surface area contributed by atoms with Crippen molar-refractivity contribution in [2.75, 3.05) is 32.8 Å². The summed E-state index contributed by atoms with van der Waals surface area (Å²) in [7, 11) is 0. The summed E-state index contributed by atoms with van der Waals surface area (Å²) < 4.78 is 20.3. The Morgan fingerprint density at radius 2 is 2.00 bits per heavy atom. The van der Waals surface area contributed by atoms with Gasteiger partial charge in [0, 0.05) is 31.5 Å². The fourth-order valence-electron chi connectivity index (χ4n) is 3.30. The van der Waals surface area contributed by atoms with Crippen molar-refractivity contribution in [3.05, 3.63) is 59.4 Å². The molecule has 1 aromatic carbocycles. The fourth-order valence-corrected chi connectivity index (χ4v) is 3.30. The summed E-state index contributed by atoms with van der Waals surface area (Å²) in [6.45, 7) is 4.97. The summed E-state index contributed by atoms with van der Waals surface area (Å²) in [6.07, 6.45) is 1.63. The number of amides is 1. The minimum Gasteiger partial charge on any atom is -0.379 e. The van der Waals surface area contributed by atoms with E-state index in [2.05, 4.69) is 25.3 Å². The van der Waals surface area contributed by atoms with Crippen molar-refractivity contribution in [3.63, 3.8) is 0 Å². The Kier molecular flexibility index (Phi) is 5.27. The summed E-state index contributed by atoms with van der Waals surface area (Å²) in [4.78, 5) is 23.2. The molecule has 3 heterocycles. The standard InChI is InChI=1S/C19H21FN6O2/c1-13-6-7-21-19-23-17(24-26(13)19)18(27)22-12-16(25-8-10-28-11-9-25)14-2-4-15(20)5-3-14/h2-7,16H,8-12H2,1H3,(H,22,27). The lowest BCUT2D eigenvalue weighted by atomic mass is 10.0. The van der Waals surface area contributed by atoms with Crippen LogP contribution in [0.25, 0.3) is 5.78 Å². The third kappa shape index (κ3) is 3.85. The summed E-state index contributed by atoms with van der Waals surface area (Å²) >= 11 is 0. The number of rotatable bonds is 5. The highest BCUT2D eigenvalue weighted by Gasteiger charge is 2.24. The second kappa shape index (κ2) is 7.99. The van der Waals surface area contributed by atoms with Crippen molar-refractivity contribution in [1.82, 2.24) is 29.8 Å². The van der Waals surface area contributed by atoms with E-state index < -0.39 is 0 Å². The van der Waals surface area contributed by atoms with Crippen LogP contribution in [0.3, 0.4) is 0 Å². The Morgan fingerprint density at radius 3 is 2.71 bits per heavy atom. The molecule has 1 aliphatic heterocycles. The normalized spacial score (nSPS) is 16.2. The molecule has 4 rings (SSSR count). The average Bonchev–Trinajstić information content (AvgIpc) is 3.16. The quantitative estimate of drug-likeness (QED) is 0.715. The lowest BCUT2D eigenvalue weighted by Crippen LogP contribution is -2.44. The van der Waals surface area contributed by atoms with E-state index in [-0.39, 0.29) is 23.6 Å². The molecule has 1 fully saturated rings. The van der Waals surface area contributed by atoms with Crippen LogP contribution in [-0.2, 0) is 4.74 Å². The van der Waals surface area contributed by atoms with E-state index in [4.69, 9.17) is 4.74 Å². The van der Waals surface area contributed by atoms with Gasteiger partial charge in [0.25, 0.3) is 11.7 Å². The number of aromatic nitrogens is 4. The molecule has 0 saturated carbocycles. The number of benzene rings is 1. The third-order valence-electron chi connectivity index (χ3n) is 4.83. The molecule has 3 aromatic rings. The Balaban J connectivity index is 1.51. The van der Waals surface area contributed by atoms with Gasteiger partial charge < -0.3 is 10.1 Å². The molecule has 28 heavy (non-hydrogen) atoms. The van der Waals surface area contributed by atoms with Gasteiger partial charge in [0.2, 0.25) is 5.82 Å². The monoisotopic (exact) mass is 384 g/mol. The van der Waals surface area contributed by atoms with Gasteiger partial charge in [0.1, 0.15) is 5.82 Å². The number of carbonyl (C=O) groups is 1. The van der Waals surface area contributed by atoms with Crippen LogP contribution < -0.4 is 5.32 Å². The first-order chi connectivity index (χ1) is 13.6. The molecule has 0 aliphatic carbocycles. The lowest BCUT2D eigenvalue weighted by Gasteiger charge is -2.34. The largest absolute Gasteiger partial charge is 0.379 e. The highest BCUT2D eigenvalue weighted by atomic mass is 19.1. The molecule has 1 unspecified atom stereocenters. The zero-order chi connectivity index (χ0) is 19.5. The molecule has 1 saturated heterocycles. The first kappa shape index (κ1) is 18.5. The SMILES string of the molecule is Cc1ccnc2nc(C(=O)NCC(c3ccc(F)cc3)N3CCOCC3)nn12. The van der Waals surface area contributed by atoms with E-state index in [0.29, 0.717) is 25.5 Å². The van der Waals surface area contributed by atoms with E-state index >= 15 is 0 Å². The van der Waals surface area contributed by atoms with Crippen LogP contribution in [0.15, 0.2) is 36.5 Å². The fraction of sp³-hybridized carbons (Fsp3) is 0.368. The van der Waals surface area contributed by atoms with Crippen LogP contribution in [0.1, 0.15) is 27.9 Å². The maximum absolute atomic E-state index is 13.3. The summed E-state index contributed by atoms with van der Waals surface area (Å²) in [5.41, 5.74) is 1.78. The van der Waals surface area contributed by atoms with Crippen molar-refractivity contribution >= 4 is 11.7 Å². The van der Waals surface area contributed by atoms with Gasteiger partial charge in [0.05, 0.1) is 19.3 Å². The van der Waals surface area contributed by atoms with Crippen molar-refractivity contribution < 1.29 is 13.9 Å². The number of ether oxygens (including phenoxy) is 1. The smallest absolute Gasteiger partial charge is 0.291 e. The van der Waals surface area contributed by atoms with Crippen molar-refractivity contribution in [1.29, 1.82) is 0 Å². The van der Waals surface area contributed by atoms with Crippen LogP contribution in [-0.4, -0.2) is 63.2 Å². The molecule has 8 nitrogen and oxygen atoms in total. The van der Waals surface area contributed by atoms with Crippen LogP contribution >= 0.6 is 0 Å². The molecular formula is C19H21FN6O2. The number of aryl methyl sites for hydroxylation is 1. The summed E-state index contributed by atoms with van der Waals surface area (Å²) in [6, 6.07) is 8.07. The van der Waals surface area contributed by atoms with Crippen molar-refractivity contribution in [3.8, 4) is 0 Å². The minimum absolute atomic E-state index is 0.0710. The molecule has 1 amide bonds. The number of fused-ring (bicyclic) bond motifs is 1. The summed E-state index contributed by atoms with van der Waals surface area (Å²) in [5.74, 6) is -0.203. The van der Waals surface area contributed by atoms with Crippen LogP contribution in [0.2, 0.25) is 0 Å². The molecule has 2 aromatic heterocycles. The van der Waals surface area contributed by atoms with Gasteiger partial charge in [-0.15, -0.1) is 5.10 Å². The van der Waals surface area contributed by atoms with Crippen LogP contribution in [0, 0.1) is 12.7 Å². The van der Waals surface area contributed by atoms with Crippen LogP contribution in [0.4, 0.5) is 4.39 Å². The van der Waals surface area contributed by atoms with E-state index in [1.165, 1.54) is 16.6 Å². The Labute approximate surface area is 161 Å². The molecule has 1 N–H and O–H groups in total. The Hall–Kier alpha value is -2.91. The maximum atomic E-state index is 13.3. The Bertz CT molecular complexity index is 968.